The van der Waals surface area contributed by atoms with E-state index in [4.69, 9.17) is 16.3 Å². The Balaban J connectivity index is 2.06. The Morgan fingerprint density at radius 2 is 2.00 bits per heavy atom. The van der Waals surface area contributed by atoms with Crippen LogP contribution in [0.3, 0.4) is 0 Å². The molecule has 0 saturated heterocycles. The summed E-state index contributed by atoms with van der Waals surface area (Å²) in [5.74, 6) is -0.401. The molecular formula is C13H11ClN2O2. The average Bonchev–Trinajstić information content (AvgIpc) is 2.40. The molecule has 0 bridgehead atoms. The second-order valence-electron chi connectivity index (χ2n) is 3.68. The number of hydrogen-bond donors (Lipinski definition) is 0. The first kappa shape index (κ1) is 12.5. The van der Waals surface area contributed by atoms with E-state index >= 15 is 0 Å². The lowest BCUT2D eigenvalue weighted by Crippen LogP contribution is -2.10. The van der Waals surface area contributed by atoms with E-state index < -0.39 is 12.1 Å². The molecule has 0 spiro atoms. The van der Waals surface area contributed by atoms with Crippen LogP contribution in [0.5, 0.6) is 0 Å². The smallest absolute Gasteiger partial charge is 0.338 e. The second-order valence-corrected chi connectivity index (χ2v) is 4.12. The molecule has 0 fully saturated rings. The fourth-order valence-corrected chi connectivity index (χ4v) is 1.52. The molecule has 0 aliphatic rings. The molecule has 0 aromatic carbocycles. The van der Waals surface area contributed by atoms with Crippen molar-refractivity contribution in [2.24, 2.45) is 0 Å². The lowest BCUT2D eigenvalue weighted by Gasteiger charge is -2.12. The highest BCUT2D eigenvalue weighted by Crippen LogP contribution is 2.17. The van der Waals surface area contributed by atoms with Crippen LogP contribution in [-0.4, -0.2) is 15.9 Å². The highest BCUT2D eigenvalue weighted by molar-refractivity contribution is 6.30. The SMILES string of the molecule is C[C@H](OC(=O)c1ccncc1)c1ccc(Cl)cn1. The zero-order valence-electron chi connectivity index (χ0n) is 9.71. The molecule has 2 rings (SSSR count). The number of rotatable bonds is 3. The first-order valence-electron chi connectivity index (χ1n) is 5.39. The van der Waals surface area contributed by atoms with E-state index in [9.17, 15) is 4.79 Å². The highest BCUT2D eigenvalue weighted by atomic mass is 35.5. The molecular weight excluding hydrogens is 252 g/mol. The summed E-state index contributed by atoms with van der Waals surface area (Å²) in [7, 11) is 0. The number of aromatic nitrogens is 2. The maximum absolute atomic E-state index is 11.8. The number of carbonyl (C=O) groups is 1. The van der Waals surface area contributed by atoms with Crippen molar-refractivity contribution in [1.29, 1.82) is 0 Å². The van der Waals surface area contributed by atoms with E-state index in [0.717, 1.165) is 0 Å². The van der Waals surface area contributed by atoms with Crippen molar-refractivity contribution in [2.45, 2.75) is 13.0 Å². The number of carbonyl (C=O) groups excluding carboxylic acids is 1. The summed E-state index contributed by atoms with van der Waals surface area (Å²) in [4.78, 5) is 19.7. The predicted octanol–water partition coefficient (Wildman–Crippen LogP) is 3.05. The molecule has 0 amide bonds. The number of hydrogen-bond acceptors (Lipinski definition) is 4. The third-order valence-electron chi connectivity index (χ3n) is 2.37. The van der Waals surface area contributed by atoms with Gasteiger partial charge in [-0.25, -0.2) is 4.79 Å². The minimum absolute atomic E-state index is 0.401. The van der Waals surface area contributed by atoms with Crippen molar-refractivity contribution in [1.82, 2.24) is 9.97 Å². The quantitative estimate of drug-likeness (QED) is 0.798. The van der Waals surface area contributed by atoms with Crippen LogP contribution < -0.4 is 0 Å². The van der Waals surface area contributed by atoms with Crippen LogP contribution in [0.25, 0.3) is 0 Å². The maximum atomic E-state index is 11.8. The minimum atomic E-state index is -0.428. The van der Waals surface area contributed by atoms with Gasteiger partial charge in [-0.15, -0.1) is 0 Å². The normalized spacial score (nSPS) is 11.9. The molecule has 0 unspecified atom stereocenters. The molecule has 0 radical (unpaired) electrons. The summed E-state index contributed by atoms with van der Waals surface area (Å²) in [6, 6.07) is 6.64. The predicted molar refractivity (Wildman–Crippen MR) is 67.3 cm³/mol. The van der Waals surface area contributed by atoms with Crippen LogP contribution in [0.15, 0.2) is 42.9 Å². The Bertz CT molecular complexity index is 528. The van der Waals surface area contributed by atoms with Gasteiger partial charge in [-0.05, 0) is 31.2 Å². The van der Waals surface area contributed by atoms with Crippen molar-refractivity contribution in [3.8, 4) is 0 Å². The van der Waals surface area contributed by atoms with Gasteiger partial charge in [-0.3, -0.25) is 9.97 Å². The Labute approximate surface area is 110 Å². The Morgan fingerprint density at radius 3 is 2.61 bits per heavy atom. The van der Waals surface area contributed by atoms with E-state index in [1.165, 1.54) is 6.20 Å². The van der Waals surface area contributed by atoms with Gasteiger partial charge in [0.15, 0.2) is 0 Å². The minimum Gasteiger partial charge on any atom is -0.453 e. The zero-order valence-corrected chi connectivity index (χ0v) is 10.5. The van der Waals surface area contributed by atoms with Gasteiger partial charge in [0.05, 0.1) is 16.3 Å². The summed E-state index contributed by atoms with van der Waals surface area (Å²) >= 11 is 5.74. The van der Waals surface area contributed by atoms with Crippen LogP contribution in [0, 0.1) is 0 Å². The molecule has 2 heterocycles. The zero-order chi connectivity index (χ0) is 13.0. The Kier molecular flexibility index (Phi) is 3.89. The number of esters is 1. The molecule has 2 aromatic heterocycles. The van der Waals surface area contributed by atoms with Crippen LogP contribution in [-0.2, 0) is 4.74 Å². The van der Waals surface area contributed by atoms with E-state index in [1.807, 2.05) is 0 Å². The number of pyridine rings is 2. The highest BCUT2D eigenvalue weighted by Gasteiger charge is 2.14. The summed E-state index contributed by atoms with van der Waals surface area (Å²) in [5, 5.41) is 0.548. The van der Waals surface area contributed by atoms with E-state index in [-0.39, 0.29) is 0 Å². The third-order valence-corrected chi connectivity index (χ3v) is 2.59. The molecule has 0 N–H and O–H groups in total. The molecule has 2 aromatic rings. The summed E-state index contributed by atoms with van der Waals surface area (Å²) in [5.41, 5.74) is 1.12. The molecule has 0 aliphatic heterocycles. The maximum Gasteiger partial charge on any atom is 0.338 e. The molecule has 4 nitrogen and oxygen atoms in total. The van der Waals surface area contributed by atoms with Crippen LogP contribution in [0.4, 0.5) is 0 Å². The van der Waals surface area contributed by atoms with Gasteiger partial charge >= 0.3 is 5.97 Å². The number of nitrogens with zero attached hydrogens (tertiary/aromatic N) is 2. The van der Waals surface area contributed by atoms with E-state index in [0.29, 0.717) is 16.3 Å². The molecule has 0 aliphatic carbocycles. The molecule has 5 heteroatoms. The van der Waals surface area contributed by atoms with Gasteiger partial charge in [0.25, 0.3) is 0 Å². The fourth-order valence-electron chi connectivity index (χ4n) is 1.40. The monoisotopic (exact) mass is 262 g/mol. The van der Waals surface area contributed by atoms with Gasteiger partial charge in [-0.1, -0.05) is 11.6 Å². The lowest BCUT2D eigenvalue weighted by molar-refractivity contribution is 0.0329. The number of ether oxygens (including phenoxy) is 1. The Morgan fingerprint density at radius 1 is 1.28 bits per heavy atom. The fraction of sp³-hybridized carbons (Fsp3) is 0.154. The number of halogens is 1. The molecule has 0 saturated carbocycles. The second kappa shape index (κ2) is 5.60. The van der Waals surface area contributed by atoms with Gasteiger partial charge in [0.2, 0.25) is 0 Å². The van der Waals surface area contributed by atoms with Crippen LogP contribution >= 0.6 is 11.6 Å². The summed E-state index contributed by atoms with van der Waals surface area (Å²) in [6.07, 6.45) is 4.18. The Hall–Kier alpha value is -1.94. The van der Waals surface area contributed by atoms with Crippen LogP contribution in [0.1, 0.15) is 29.1 Å². The van der Waals surface area contributed by atoms with Crippen molar-refractivity contribution < 1.29 is 9.53 Å². The summed E-state index contributed by atoms with van der Waals surface area (Å²) in [6.45, 7) is 1.76. The van der Waals surface area contributed by atoms with Crippen molar-refractivity contribution >= 4 is 17.6 Å². The summed E-state index contributed by atoms with van der Waals surface area (Å²) < 4.78 is 5.29. The first-order chi connectivity index (χ1) is 8.66. The lowest BCUT2D eigenvalue weighted by atomic mass is 10.2. The largest absolute Gasteiger partial charge is 0.453 e. The van der Waals surface area contributed by atoms with Crippen molar-refractivity contribution in [3.05, 3.63) is 59.1 Å². The van der Waals surface area contributed by atoms with E-state index in [2.05, 4.69) is 9.97 Å². The van der Waals surface area contributed by atoms with Gasteiger partial charge in [0, 0.05) is 18.6 Å². The molecule has 92 valence electrons. The topological polar surface area (TPSA) is 52.1 Å². The third kappa shape index (κ3) is 3.05. The van der Waals surface area contributed by atoms with Crippen molar-refractivity contribution in [3.63, 3.8) is 0 Å². The van der Waals surface area contributed by atoms with Crippen molar-refractivity contribution in [2.75, 3.05) is 0 Å². The van der Waals surface area contributed by atoms with E-state index in [1.54, 1.807) is 43.6 Å². The first-order valence-corrected chi connectivity index (χ1v) is 5.77. The van der Waals surface area contributed by atoms with Crippen LogP contribution in [0.2, 0.25) is 5.02 Å². The van der Waals surface area contributed by atoms with Gasteiger partial charge < -0.3 is 4.74 Å². The molecule has 1 atom stereocenters. The van der Waals surface area contributed by atoms with Gasteiger partial charge in [-0.2, -0.15) is 0 Å². The van der Waals surface area contributed by atoms with Gasteiger partial charge in [0.1, 0.15) is 6.10 Å². The standard InChI is InChI=1S/C13H11ClN2O2/c1-9(12-3-2-11(14)8-16-12)18-13(17)10-4-6-15-7-5-10/h2-9H,1H3/t9-/m0/s1. The average molecular weight is 263 g/mol. The molecule has 18 heavy (non-hydrogen) atoms.